The number of nitrogens with zero attached hydrogens (tertiary/aromatic N) is 1. The fraction of sp³-hybridized carbons (Fsp3) is 0.238. The Labute approximate surface area is 163 Å². The predicted molar refractivity (Wildman–Crippen MR) is 104 cm³/mol. The van der Waals surface area contributed by atoms with E-state index in [2.05, 4.69) is 10.6 Å². The normalized spacial score (nSPS) is 16.8. The Morgan fingerprint density at radius 3 is 2.50 bits per heavy atom. The van der Waals surface area contributed by atoms with Crippen LogP contribution < -0.4 is 10.6 Å². The van der Waals surface area contributed by atoms with Crippen molar-refractivity contribution >= 4 is 17.6 Å². The lowest BCUT2D eigenvalue weighted by Gasteiger charge is -2.35. The SMILES string of the molecule is COCCN1C(=O)N[C@@H](c2ccc(F)cc2)C(C(=O)Nc2ccccc2)=C1C. The van der Waals surface area contributed by atoms with Crippen LogP contribution in [0.4, 0.5) is 14.9 Å². The van der Waals surface area contributed by atoms with E-state index in [9.17, 15) is 14.0 Å². The predicted octanol–water partition coefficient (Wildman–Crippen LogP) is 3.45. The van der Waals surface area contributed by atoms with Gasteiger partial charge in [-0.15, -0.1) is 0 Å². The summed E-state index contributed by atoms with van der Waals surface area (Å²) in [5.41, 5.74) is 2.19. The molecule has 0 saturated heterocycles. The quantitative estimate of drug-likeness (QED) is 0.803. The minimum Gasteiger partial charge on any atom is -0.383 e. The van der Waals surface area contributed by atoms with E-state index in [1.54, 1.807) is 38.3 Å². The van der Waals surface area contributed by atoms with Gasteiger partial charge in [-0.05, 0) is 36.8 Å². The monoisotopic (exact) mass is 383 g/mol. The molecule has 2 N–H and O–H groups in total. The van der Waals surface area contributed by atoms with Crippen molar-refractivity contribution in [3.8, 4) is 0 Å². The molecule has 6 nitrogen and oxygen atoms in total. The summed E-state index contributed by atoms with van der Waals surface area (Å²) >= 11 is 0. The first kappa shape index (κ1) is 19.6. The van der Waals surface area contributed by atoms with Gasteiger partial charge < -0.3 is 15.4 Å². The molecule has 146 valence electrons. The van der Waals surface area contributed by atoms with Gasteiger partial charge in [0.15, 0.2) is 0 Å². The lowest BCUT2D eigenvalue weighted by Crippen LogP contribution is -2.49. The minimum atomic E-state index is -0.685. The second-order valence-electron chi connectivity index (χ2n) is 6.40. The molecule has 2 aromatic carbocycles. The van der Waals surface area contributed by atoms with Crippen molar-refractivity contribution in [2.75, 3.05) is 25.6 Å². The average molecular weight is 383 g/mol. The summed E-state index contributed by atoms with van der Waals surface area (Å²) in [6.07, 6.45) is 0. The van der Waals surface area contributed by atoms with Gasteiger partial charge in [-0.1, -0.05) is 30.3 Å². The maximum atomic E-state index is 13.4. The molecule has 0 saturated carbocycles. The van der Waals surface area contributed by atoms with Crippen LogP contribution in [0.3, 0.4) is 0 Å². The number of carbonyl (C=O) groups excluding carboxylic acids is 2. The molecule has 3 amide bonds. The molecule has 0 unspecified atom stereocenters. The second kappa shape index (κ2) is 8.67. The third kappa shape index (κ3) is 4.20. The van der Waals surface area contributed by atoms with Gasteiger partial charge in [0.05, 0.1) is 24.8 Å². The summed E-state index contributed by atoms with van der Waals surface area (Å²) in [5.74, 6) is -0.718. The van der Waals surface area contributed by atoms with E-state index in [0.717, 1.165) is 0 Å². The van der Waals surface area contributed by atoms with Crippen LogP contribution in [-0.4, -0.2) is 37.1 Å². The van der Waals surface area contributed by atoms with Gasteiger partial charge in [0.2, 0.25) is 0 Å². The summed E-state index contributed by atoms with van der Waals surface area (Å²) in [6, 6.07) is 13.8. The van der Waals surface area contributed by atoms with Crippen molar-refractivity contribution in [3.05, 3.63) is 77.2 Å². The lowest BCUT2D eigenvalue weighted by molar-refractivity contribution is -0.113. The third-order valence-electron chi connectivity index (χ3n) is 4.59. The lowest BCUT2D eigenvalue weighted by atomic mass is 9.94. The molecule has 28 heavy (non-hydrogen) atoms. The van der Waals surface area contributed by atoms with Gasteiger partial charge in [-0.2, -0.15) is 0 Å². The molecule has 0 spiro atoms. The Kier molecular flexibility index (Phi) is 6.06. The molecular weight excluding hydrogens is 361 g/mol. The van der Waals surface area contributed by atoms with Crippen molar-refractivity contribution in [1.82, 2.24) is 10.2 Å². The maximum absolute atomic E-state index is 13.4. The standard InChI is InChI=1S/C21H22FN3O3/c1-14-18(20(26)23-17-6-4-3-5-7-17)19(15-8-10-16(22)11-9-15)24-21(27)25(14)12-13-28-2/h3-11,19H,12-13H2,1-2H3,(H,23,26)(H,24,27)/t19-/m0/s1. The van der Waals surface area contributed by atoms with Crippen molar-refractivity contribution in [2.45, 2.75) is 13.0 Å². The van der Waals surface area contributed by atoms with Crippen molar-refractivity contribution in [2.24, 2.45) is 0 Å². The van der Waals surface area contributed by atoms with E-state index in [1.807, 2.05) is 18.2 Å². The molecule has 0 radical (unpaired) electrons. The molecule has 3 rings (SSSR count). The highest BCUT2D eigenvalue weighted by molar-refractivity contribution is 6.06. The third-order valence-corrected chi connectivity index (χ3v) is 4.59. The number of hydrogen-bond donors (Lipinski definition) is 2. The molecule has 7 heteroatoms. The summed E-state index contributed by atoms with van der Waals surface area (Å²) in [6.45, 7) is 2.37. The Hall–Kier alpha value is -3.19. The molecule has 0 fully saturated rings. The fourth-order valence-corrected chi connectivity index (χ4v) is 3.15. The minimum absolute atomic E-state index is 0.312. The topological polar surface area (TPSA) is 70.7 Å². The highest BCUT2D eigenvalue weighted by atomic mass is 19.1. The maximum Gasteiger partial charge on any atom is 0.322 e. The first-order valence-corrected chi connectivity index (χ1v) is 8.91. The van der Waals surface area contributed by atoms with Crippen LogP contribution in [0.1, 0.15) is 18.5 Å². The first-order valence-electron chi connectivity index (χ1n) is 8.91. The second-order valence-corrected chi connectivity index (χ2v) is 6.40. The number of nitrogens with one attached hydrogen (secondary N) is 2. The zero-order valence-corrected chi connectivity index (χ0v) is 15.7. The van der Waals surface area contributed by atoms with Crippen LogP contribution in [0.2, 0.25) is 0 Å². The zero-order valence-electron chi connectivity index (χ0n) is 15.7. The average Bonchev–Trinajstić information content (AvgIpc) is 2.68. The van der Waals surface area contributed by atoms with Crippen LogP contribution in [0.25, 0.3) is 0 Å². The number of rotatable bonds is 6. The van der Waals surface area contributed by atoms with Crippen LogP contribution in [0, 0.1) is 5.82 Å². The van der Waals surface area contributed by atoms with E-state index < -0.39 is 6.04 Å². The molecule has 2 aromatic rings. The van der Waals surface area contributed by atoms with Gasteiger partial charge in [0.25, 0.3) is 5.91 Å². The highest BCUT2D eigenvalue weighted by Gasteiger charge is 2.35. The van der Waals surface area contributed by atoms with Gasteiger partial charge in [0.1, 0.15) is 5.82 Å². The molecular formula is C21H22FN3O3. The number of amides is 3. The fourth-order valence-electron chi connectivity index (χ4n) is 3.15. The van der Waals surface area contributed by atoms with Crippen LogP contribution in [-0.2, 0) is 9.53 Å². The Morgan fingerprint density at radius 2 is 1.86 bits per heavy atom. The van der Waals surface area contributed by atoms with E-state index in [1.165, 1.54) is 17.0 Å². The van der Waals surface area contributed by atoms with Crippen molar-refractivity contribution in [3.63, 3.8) is 0 Å². The molecule has 0 bridgehead atoms. The van der Waals surface area contributed by atoms with Crippen LogP contribution in [0.15, 0.2) is 65.9 Å². The first-order chi connectivity index (χ1) is 13.5. The Bertz CT molecular complexity index is 882. The summed E-state index contributed by atoms with van der Waals surface area (Å²) in [4.78, 5) is 27.2. The Morgan fingerprint density at radius 1 is 1.18 bits per heavy atom. The number of methoxy groups -OCH3 is 1. The summed E-state index contributed by atoms with van der Waals surface area (Å²) < 4.78 is 18.4. The summed E-state index contributed by atoms with van der Waals surface area (Å²) in [5, 5.41) is 5.71. The van der Waals surface area contributed by atoms with Gasteiger partial charge >= 0.3 is 6.03 Å². The van der Waals surface area contributed by atoms with Crippen molar-refractivity contribution < 1.29 is 18.7 Å². The molecule has 0 aliphatic carbocycles. The largest absolute Gasteiger partial charge is 0.383 e. The van der Waals surface area contributed by atoms with Crippen molar-refractivity contribution in [1.29, 1.82) is 0 Å². The van der Waals surface area contributed by atoms with Crippen LogP contribution in [0.5, 0.6) is 0 Å². The molecule has 0 aromatic heterocycles. The molecule has 1 aliphatic heterocycles. The number of urea groups is 1. The van der Waals surface area contributed by atoms with E-state index in [0.29, 0.717) is 35.7 Å². The van der Waals surface area contributed by atoms with Gasteiger partial charge in [0, 0.05) is 18.5 Å². The molecule has 1 aliphatic rings. The van der Waals surface area contributed by atoms with Crippen LogP contribution >= 0.6 is 0 Å². The number of benzene rings is 2. The Balaban J connectivity index is 2.00. The number of ether oxygens (including phenoxy) is 1. The zero-order chi connectivity index (χ0) is 20.1. The van der Waals surface area contributed by atoms with E-state index >= 15 is 0 Å². The number of anilines is 1. The highest BCUT2D eigenvalue weighted by Crippen LogP contribution is 2.31. The number of carbonyl (C=O) groups is 2. The number of halogens is 1. The van der Waals surface area contributed by atoms with Gasteiger partial charge in [-0.3, -0.25) is 9.69 Å². The number of para-hydroxylation sites is 1. The van der Waals surface area contributed by atoms with Gasteiger partial charge in [-0.25, -0.2) is 9.18 Å². The molecule has 1 atom stereocenters. The van der Waals surface area contributed by atoms with E-state index in [-0.39, 0.29) is 17.8 Å². The smallest absolute Gasteiger partial charge is 0.322 e. The number of allylic oxidation sites excluding steroid dienone is 1. The van der Waals surface area contributed by atoms with E-state index in [4.69, 9.17) is 4.74 Å². The summed E-state index contributed by atoms with van der Waals surface area (Å²) in [7, 11) is 1.55. The molecule has 1 heterocycles. The number of hydrogen-bond acceptors (Lipinski definition) is 3.